The van der Waals surface area contributed by atoms with Crippen molar-refractivity contribution in [2.45, 2.75) is 94.4 Å². The number of rotatable bonds is 21. The van der Waals surface area contributed by atoms with Gasteiger partial charge in [0.25, 0.3) is 0 Å². The molecule has 1 N–H and O–H groups in total. The predicted octanol–water partition coefficient (Wildman–Crippen LogP) is 8.55. The van der Waals surface area contributed by atoms with E-state index in [4.69, 9.17) is 47.4 Å². The van der Waals surface area contributed by atoms with Gasteiger partial charge in [-0.3, -0.25) is 0 Å². The molecule has 12 nitrogen and oxygen atoms in total. The van der Waals surface area contributed by atoms with Crippen LogP contribution < -0.4 is 0 Å². The third-order valence-corrected chi connectivity index (χ3v) is 11.8. The Labute approximate surface area is 392 Å². The van der Waals surface area contributed by atoms with E-state index < -0.39 is 67.4 Å². The van der Waals surface area contributed by atoms with Crippen LogP contribution in [0.15, 0.2) is 176 Å². The maximum atomic E-state index is 12.6. The summed E-state index contributed by atoms with van der Waals surface area (Å²) in [6, 6.07) is 55.9. The molecule has 0 bridgehead atoms. The molecule has 0 saturated carbocycles. The molecule has 350 valence electrons. The zero-order valence-electron chi connectivity index (χ0n) is 37.7. The second-order valence-electron chi connectivity index (χ2n) is 16.5. The Bertz CT molecular complexity index is 2340. The van der Waals surface area contributed by atoms with Crippen molar-refractivity contribution in [1.82, 2.24) is 0 Å². The summed E-state index contributed by atoms with van der Waals surface area (Å²) in [4.78, 5) is 12.6. The lowest BCUT2D eigenvalue weighted by Crippen LogP contribution is -2.64. The summed E-state index contributed by atoms with van der Waals surface area (Å²) in [5, 5.41) is 12.6. The number of esters is 1. The van der Waals surface area contributed by atoms with Crippen LogP contribution in [0.5, 0.6) is 0 Å². The first-order chi connectivity index (χ1) is 33.0. The standard InChI is InChI=1S/C55H58O12/c1-58-53(57)44-30-28-43(29-31-44)47-51(50(63-35-41-24-14-6-15-25-41)52(55(59-2)66-47)64-36-42-26-16-7-17-27-42)67-54-46(56)49(62-34-40-22-12-5-13-23-40)48(61-33-39-20-10-4-11-21-39)45(65-54)37-60-32-38-18-8-3-9-19-38/h3-31,45-52,54-56H,32-37H2,1-2H3/t45-,46+,47-,48-,49-,50+,51-,52-,54-,55-/m1/s1. The minimum Gasteiger partial charge on any atom is -0.465 e. The first kappa shape index (κ1) is 47.9. The molecule has 0 aliphatic carbocycles. The summed E-state index contributed by atoms with van der Waals surface area (Å²) in [6.45, 7) is 1.18. The molecule has 2 heterocycles. The van der Waals surface area contributed by atoms with E-state index in [1.807, 2.05) is 152 Å². The second kappa shape index (κ2) is 24.4. The fraction of sp³-hybridized carbons (Fsp3) is 0.327. The SMILES string of the molecule is COC(=O)c1ccc([C@H]2O[C@@H](OC)[C@H](OCc3ccccc3)[C@@H](OCc3ccccc3)[C@@H]2O[C@H]2O[C@H](COCc3ccccc3)[C@@H](OCc3ccccc3)[C@H](OCc3ccccc3)[C@@H]2O)cc1. The van der Waals surface area contributed by atoms with Crippen molar-refractivity contribution in [3.05, 3.63) is 215 Å². The highest BCUT2D eigenvalue weighted by Crippen LogP contribution is 2.41. The molecule has 12 heteroatoms. The van der Waals surface area contributed by atoms with Crippen LogP contribution in [0.1, 0.15) is 49.8 Å². The Hall–Kier alpha value is -5.61. The van der Waals surface area contributed by atoms with E-state index in [-0.39, 0.29) is 33.0 Å². The molecule has 67 heavy (non-hydrogen) atoms. The average Bonchev–Trinajstić information content (AvgIpc) is 3.39. The van der Waals surface area contributed by atoms with Crippen molar-refractivity contribution >= 4 is 5.97 Å². The summed E-state index contributed by atoms with van der Waals surface area (Å²) in [5.41, 5.74) is 5.68. The van der Waals surface area contributed by atoms with Crippen molar-refractivity contribution in [2.24, 2.45) is 0 Å². The molecular weight excluding hydrogens is 853 g/mol. The molecule has 2 aliphatic rings. The molecule has 6 aromatic rings. The minimum atomic E-state index is -1.39. The van der Waals surface area contributed by atoms with Gasteiger partial charge in [-0.25, -0.2) is 4.79 Å². The molecule has 10 atom stereocenters. The van der Waals surface area contributed by atoms with Gasteiger partial charge in [0.2, 0.25) is 0 Å². The van der Waals surface area contributed by atoms with Gasteiger partial charge in [-0.05, 0) is 45.5 Å². The Morgan fingerprint density at radius 1 is 0.478 bits per heavy atom. The quantitative estimate of drug-likeness (QED) is 0.0695. The van der Waals surface area contributed by atoms with Crippen LogP contribution in [-0.2, 0) is 80.4 Å². The molecule has 0 amide bonds. The van der Waals surface area contributed by atoms with Crippen molar-refractivity contribution < 1.29 is 57.3 Å². The third-order valence-electron chi connectivity index (χ3n) is 11.8. The average molecular weight is 911 g/mol. The first-order valence-electron chi connectivity index (χ1n) is 22.6. The topological polar surface area (TPSA) is 130 Å². The molecule has 2 fully saturated rings. The molecule has 8 rings (SSSR count). The first-order valence-corrected chi connectivity index (χ1v) is 22.6. The zero-order valence-corrected chi connectivity index (χ0v) is 37.7. The fourth-order valence-electron chi connectivity index (χ4n) is 8.33. The molecule has 2 saturated heterocycles. The van der Waals surface area contributed by atoms with Gasteiger partial charge in [0.15, 0.2) is 12.6 Å². The van der Waals surface area contributed by atoms with E-state index >= 15 is 0 Å². The number of aliphatic hydroxyl groups excluding tert-OH is 1. The number of ether oxygens (including phenoxy) is 10. The summed E-state index contributed by atoms with van der Waals surface area (Å²) in [7, 11) is 2.88. The summed E-state index contributed by atoms with van der Waals surface area (Å²) >= 11 is 0. The largest absolute Gasteiger partial charge is 0.465 e. The smallest absolute Gasteiger partial charge is 0.337 e. The molecule has 0 unspecified atom stereocenters. The van der Waals surface area contributed by atoms with Gasteiger partial charge in [0.05, 0.1) is 52.3 Å². The van der Waals surface area contributed by atoms with E-state index in [1.54, 1.807) is 31.4 Å². The van der Waals surface area contributed by atoms with Crippen LogP contribution in [0.3, 0.4) is 0 Å². The van der Waals surface area contributed by atoms with Crippen molar-refractivity contribution in [3.8, 4) is 0 Å². The number of carbonyl (C=O) groups excluding carboxylic acids is 1. The maximum absolute atomic E-state index is 12.6. The van der Waals surface area contributed by atoms with Crippen LogP contribution in [0.4, 0.5) is 0 Å². The number of methoxy groups -OCH3 is 2. The number of benzene rings is 6. The molecule has 0 aromatic heterocycles. The van der Waals surface area contributed by atoms with Crippen LogP contribution in [0.2, 0.25) is 0 Å². The number of hydrogen-bond donors (Lipinski definition) is 1. The molecular formula is C55H58O12. The highest BCUT2D eigenvalue weighted by molar-refractivity contribution is 5.89. The van der Waals surface area contributed by atoms with Crippen molar-refractivity contribution in [1.29, 1.82) is 0 Å². The lowest BCUT2D eigenvalue weighted by molar-refractivity contribution is -0.371. The lowest BCUT2D eigenvalue weighted by atomic mass is 9.92. The number of carbonyl (C=O) groups is 1. The lowest BCUT2D eigenvalue weighted by Gasteiger charge is -2.49. The molecule has 0 radical (unpaired) electrons. The van der Waals surface area contributed by atoms with E-state index in [0.717, 1.165) is 27.8 Å². The van der Waals surface area contributed by atoms with Crippen LogP contribution >= 0.6 is 0 Å². The van der Waals surface area contributed by atoms with Crippen molar-refractivity contribution in [3.63, 3.8) is 0 Å². The number of aliphatic hydroxyl groups is 1. The Balaban J connectivity index is 1.17. The minimum absolute atomic E-state index is 0.0776. The van der Waals surface area contributed by atoms with Crippen LogP contribution in [0.25, 0.3) is 0 Å². The second-order valence-corrected chi connectivity index (χ2v) is 16.5. The summed E-state index contributed by atoms with van der Waals surface area (Å²) in [5.74, 6) is -0.484. The van der Waals surface area contributed by atoms with E-state index in [9.17, 15) is 9.90 Å². The predicted molar refractivity (Wildman–Crippen MR) is 248 cm³/mol. The fourth-order valence-corrected chi connectivity index (χ4v) is 8.33. The Morgan fingerprint density at radius 3 is 1.37 bits per heavy atom. The van der Waals surface area contributed by atoms with E-state index in [2.05, 4.69) is 0 Å². The third kappa shape index (κ3) is 12.9. The summed E-state index contributed by atoms with van der Waals surface area (Å²) in [6.07, 6.45) is -9.85. The molecule has 0 spiro atoms. The molecule has 6 aromatic carbocycles. The normalized spacial score (nSPS) is 25.1. The van der Waals surface area contributed by atoms with Crippen molar-refractivity contribution in [2.75, 3.05) is 20.8 Å². The van der Waals surface area contributed by atoms with Gasteiger partial charge < -0.3 is 52.5 Å². The molecule has 2 aliphatic heterocycles. The van der Waals surface area contributed by atoms with E-state index in [0.29, 0.717) is 17.7 Å². The highest BCUT2D eigenvalue weighted by atomic mass is 16.8. The highest BCUT2D eigenvalue weighted by Gasteiger charge is 2.54. The Kier molecular flexibility index (Phi) is 17.4. The summed E-state index contributed by atoms with van der Waals surface area (Å²) < 4.78 is 65.2. The van der Waals surface area contributed by atoms with Gasteiger partial charge in [-0.2, -0.15) is 0 Å². The van der Waals surface area contributed by atoms with Gasteiger partial charge in [0, 0.05) is 7.11 Å². The Morgan fingerprint density at radius 2 is 0.910 bits per heavy atom. The van der Waals surface area contributed by atoms with Gasteiger partial charge >= 0.3 is 5.97 Å². The zero-order chi connectivity index (χ0) is 46.2. The maximum Gasteiger partial charge on any atom is 0.337 e. The van der Waals surface area contributed by atoms with Gasteiger partial charge in [-0.1, -0.05) is 164 Å². The monoisotopic (exact) mass is 910 g/mol. The van der Waals surface area contributed by atoms with Crippen LogP contribution in [-0.4, -0.2) is 87.2 Å². The van der Waals surface area contributed by atoms with E-state index in [1.165, 1.54) is 7.11 Å². The number of hydrogen-bond acceptors (Lipinski definition) is 12. The van der Waals surface area contributed by atoms with Gasteiger partial charge in [0.1, 0.15) is 48.8 Å². The van der Waals surface area contributed by atoms with Gasteiger partial charge in [-0.15, -0.1) is 0 Å². The van der Waals surface area contributed by atoms with Crippen LogP contribution in [0, 0.1) is 0 Å².